The monoisotopic (exact) mass is 370 g/mol. The molecule has 146 valence electrons. The third-order valence-electron chi connectivity index (χ3n) is 3.78. The van der Waals surface area contributed by atoms with Crippen molar-refractivity contribution in [3.8, 4) is 11.5 Å². The van der Waals surface area contributed by atoms with Crippen molar-refractivity contribution < 1.29 is 14.3 Å². The van der Waals surface area contributed by atoms with Crippen molar-refractivity contribution in [2.24, 2.45) is 5.92 Å². The minimum absolute atomic E-state index is 0.107. The molecule has 5 nitrogen and oxygen atoms in total. The second kappa shape index (κ2) is 10.5. The molecule has 2 aromatic rings. The molecule has 0 aliphatic heterocycles. The minimum Gasteiger partial charge on any atom is -0.494 e. The normalized spacial score (nSPS) is 10.7. The highest BCUT2D eigenvalue weighted by Crippen LogP contribution is 2.18. The van der Waals surface area contributed by atoms with E-state index in [0.29, 0.717) is 12.5 Å². The summed E-state index contributed by atoms with van der Waals surface area (Å²) in [6.45, 7) is 9.22. The lowest BCUT2D eigenvalue weighted by Gasteiger charge is -2.11. The molecule has 1 amide bonds. The van der Waals surface area contributed by atoms with E-state index in [9.17, 15) is 4.79 Å². The van der Waals surface area contributed by atoms with Crippen LogP contribution in [0.5, 0.6) is 11.5 Å². The highest BCUT2D eigenvalue weighted by Gasteiger charge is 2.04. The first-order chi connectivity index (χ1) is 12.9. The van der Waals surface area contributed by atoms with Crippen molar-refractivity contribution in [2.75, 3.05) is 23.8 Å². The Labute approximate surface area is 162 Å². The van der Waals surface area contributed by atoms with Gasteiger partial charge in [-0.15, -0.1) is 0 Å². The first kappa shape index (κ1) is 20.6. The van der Waals surface area contributed by atoms with Gasteiger partial charge in [-0.2, -0.15) is 0 Å². The number of rotatable bonds is 10. The van der Waals surface area contributed by atoms with Crippen LogP contribution in [0.3, 0.4) is 0 Å². The molecule has 27 heavy (non-hydrogen) atoms. The molecule has 0 heterocycles. The zero-order valence-corrected chi connectivity index (χ0v) is 16.6. The summed E-state index contributed by atoms with van der Waals surface area (Å²) in [6.07, 6.45) is 1.16. The van der Waals surface area contributed by atoms with Gasteiger partial charge in [0, 0.05) is 11.4 Å². The quantitative estimate of drug-likeness (QED) is 0.621. The van der Waals surface area contributed by atoms with E-state index < -0.39 is 0 Å². The number of anilines is 2. The molecule has 0 saturated heterocycles. The van der Waals surface area contributed by atoms with Gasteiger partial charge >= 0.3 is 0 Å². The summed E-state index contributed by atoms with van der Waals surface area (Å²) in [5, 5.41) is 5.97. The largest absolute Gasteiger partial charge is 0.494 e. The molecule has 0 unspecified atom stereocenters. The Hall–Kier alpha value is -2.69. The fourth-order valence-electron chi connectivity index (χ4n) is 2.36. The van der Waals surface area contributed by atoms with Gasteiger partial charge in [0.05, 0.1) is 19.3 Å². The Morgan fingerprint density at radius 1 is 0.889 bits per heavy atom. The molecule has 0 radical (unpaired) electrons. The van der Waals surface area contributed by atoms with Crippen LogP contribution >= 0.6 is 0 Å². The smallest absolute Gasteiger partial charge is 0.243 e. The van der Waals surface area contributed by atoms with Crippen LogP contribution in [0.25, 0.3) is 0 Å². The van der Waals surface area contributed by atoms with Crippen LogP contribution in [0.15, 0.2) is 48.5 Å². The van der Waals surface area contributed by atoms with E-state index in [4.69, 9.17) is 9.47 Å². The fraction of sp³-hybridized carbons (Fsp3) is 0.409. The molecule has 0 atom stereocenters. The van der Waals surface area contributed by atoms with E-state index in [0.717, 1.165) is 29.3 Å². The highest BCUT2D eigenvalue weighted by atomic mass is 16.5. The summed E-state index contributed by atoms with van der Waals surface area (Å²) in [5.41, 5.74) is 1.62. The van der Waals surface area contributed by atoms with Gasteiger partial charge in [0.25, 0.3) is 0 Å². The van der Waals surface area contributed by atoms with Crippen molar-refractivity contribution in [1.29, 1.82) is 0 Å². The Balaban J connectivity index is 1.74. The van der Waals surface area contributed by atoms with Crippen LogP contribution in [-0.2, 0) is 4.79 Å². The predicted molar refractivity (Wildman–Crippen MR) is 111 cm³/mol. The van der Waals surface area contributed by atoms with Gasteiger partial charge in [-0.1, -0.05) is 13.8 Å². The van der Waals surface area contributed by atoms with Crippen LogP contribution in [0.1, 0.15) is 34.1 Å². The van der Waals surface area contributed by atoms with Crippen LogP contribution in [-0.4, -0.2) is 25.2 Å². The lowest BCUT2D eigenvalue weighted by molar-refractivity contribution is -0.114. The van der Waals surface area contributed by atoms with E-state index in [-0.39, 0.29) is 18.6 Å². The summed E-state index contributed by atoms with van der Waals surface area (Å²) in [6, 6.07) is 15.0. The number of hydrogen-bond acceptors (Lipinski definition) is 4. The predicted octanol–water partition coefficient (Wildman–Crippen LogP) is 4.95. The second-order valence-electron chi connectivity index (χ2n) is 7.15. The van der Waals surface area contributed by atoms with Gasteiger partial charge in [-0.25, -0.2) is 0 Å². The summed E-state index contributed by atoms with van der Waals surface area (Å²) in [4.78, 5) is 12.1. The lowest BCUT2D eigenvalue weighted by atomic mass is 10.1. The first-order valence-electron chi connectivity index (χ1n) is 9.45. The van der Waals surface area contributed by atoms with Gasteiger partial charge < -0.3 is 20.1 Å². The standard InChI is InChI=1S/C22H30N2O3/c1-16(2)13-14-26-20-9-5-18(6-10-20)23-15-22(25)24-19-7-11-21(12-8-19)27-17(3)4/h5-12,16-17,23H,13-15H2,1-4H3,(H,24,25). The molecule has 0 aliphatic carbocycles. The van der Waals surface area contributed by atoms with Crippen molar-refractivity contribution in [3.63, 3.8) is 0 Å². The Bertz CT molecular complexity index is 695. The summed E-state index contributed by atoms with van der Waals surface area (Å²) in [7, 11) is 0. The van der Waals surface area contributed by atoms with E-state index >= 15 is 0 Å². The molecule has 5 heteroatoms. The van der Waals surface area contributed by atoms with Crippen molar-refractivity contribution in [1.82, 2.24) is 0 Å². The second-order valence-corrected chi connectivity index (χ2v) is 7.15. The van der Waals surface area contributed by atoms with Crippen LogP contribution in [0, 0.1) is 5.92 Å². The average Bonchev–Trinajstić information content (AvgIpc) is 2.62. The molecule has 0 saturated carbocycles. The molecule has 2 aromatic carbocycles. The highest BCUT2D eigenvalue weighted by molar-refractivity contribution is 5.93. The molecular weight excluding hydrogens is 340 g/mol. The number of benzene rings is 2. The Kier molecular flexibility index (Phi) is 7.99. The van der Waals surface area contributed by atoms with Gasteiger partial charge in [-0.05, 0) is 74.7 Å². The molecule has 0 spiro atoms. The van der Waals surface area contributed by atoms with E-state index in [2.05, 4.69) is 24.5 Å². The SMILES string of the molecule is CC(C)CCOc1ccc(NCC(=O)Nc2ccc(OC(C)C)cc2)cc1. The van der Waals surface area contributed by atoms with E-state index in [1.165, 1.54) is 0 Å². The molecule has 2 rings (SSSR count). The van der Waals surface area contributed by atoms with Crippen LogP contribution < -0.4 is 20.1 Å². The molecule has 0 bridgehead atoms. The number of ether oxygens (including phenoxy) is 2. The molecule has 0 fully saturated rings. The molecule has 2 N–H and O–H groups in total. The summed E-state index contributed by atoms with van der Waals surface area (Å²) in [5.74, 6) is 2.15. The van der Waals surface area contributed by atoms with Crippen LogP contribution in [0.4, 0.5) is 11.4 Å². The number of carbonyl (C=O) groups is 1. The molecule has 0 aliphatic rings. The zero-order chi connectivity index (χ0) is 19.6. The number of amides is 1. The van der Waals surface area contributed by atoms with Crippen molar-refractivity contribution in [3.05, 3.63) is 48.5 Å². The van der Waals surface area contributed by atoms with E-state index in [1.807, 2.05) is 62.4 Å². The number of nitrogens with one attached hydrogen (secondary N) is 2. The third kappa shape index (κ3) is 8.03. The summed E-state index contributed by atoms with van der Waals surface area (Å²) < 4.78 is 11.3. The van der Waals surface area contributed by atoms with Gasteiger partial charge in [0.15, 0.2) is 0 Å². The average molecular weight is 370 g/mol. The maximum Gasteiger partial charge on any atom is 0.243 e. The topological polar surface area (TPSA) is 59.6 Å². The fourth-order valence-corrected chi connectivity index (χ4v) is 2.36. The third-order valence-corrected chi connectivity index (χ3v) is 3.78. The molecule has 0 aromatic heterocycles. The van der Waals surface area contributed by atoms with Gasteiger partial charge in [0.1, 0.15) is 11.5 Å². The number of carbonyl (C=O) groups excluding carboxylic acids is 1. The van der Waals surface area contributed by atoms with Gasteiger partial charge in [0.2, 0.25) is 5.91 Å². The van der Waals surface area contributed by atoms with E-state index in [1.54, 1.807) is 0 Å². The van der Waals surface area contributed by atoms with Crippen LogP contribution in [0.2, 0.25) is 0 Å². The maximum atomic E-state index is 12.1. The first-order valence-corrected chi connectivity index (χ1v) is 9.45. The van der Waals surface area contributed by atoms with Gasteiger partial charge in [-0.3, -0.25) is 4.79 Å². The van der Waals surface area contributed by atoms with Crippen molar-refractivity contribution >= 4 is 17.3 Å². The minimum atomic E-state index is -0.107. The summed E-state index contributed by atoms with van der Waals surface area (Å²) >= 11 is 0. The maximum absolute atomic E-state index is 12.1. The number of hydrogen-bond donors (Lipinski definition) is 2. The Morgan fingerprint density at radius 3 is 2.07 bits per heavy atom. The zero-order valence-electron chi connectivity index (χ0n) is 16.6. The molecular formula is C22H30N2O3. The van der Waals surface area contributed by atoms with Crippen molar-refractivity contribution in [2.45, 2.75) is 40.2 Å². The lowest BCUT2D eigenvalue weighted by Crippen LogP contribution is -2.21. The Morgan fingerprint density at radius 2 is 1.48 bits per heavy atom.